The summed E-state index contributed by atoms with van der Waals surface area (Å²) in [5.74, 6) is -0.653. The number of halogens is 1. The highest BCUT2D eigenvalue weighted by molar-refractivity contribution is 5.94. The summed E-state index contributed by atoms with van der Waals surface area (Å²) in [6.45, 7) is 1.24. The molecule has 1 aliphatic heterocycles. The van der Waals surface area contributed by atoms with Crippen molar-refractivity contribution in [2.24, 2.45) is 0 Å². The Morgan fingerprint density at radius 2 is 2.00 bits per heavy atom. The number of carbonyl (C=O) groups excluding carboxylic acids is 1. The standard InChI is InChI=1S/C18H19FN2O2/c1-21-10-11-23-17(16(21)13-6-3-2-4-7-13)18(22)20-15-9-5-8-14(19)12-15/h2-9,12,16-17H,10-11H2,1H3,(H,20,22)/t16-,17+/m0/s1. The molecule has 120 valence electrons. The molecule has 1 heterocycles. The van der Waals surface area contributed by atoms with Crippen LogP contribution in [0.1, 0.15) is 11.6 Å². The van der Waals surface area contributed by atoms with E-state index < -0.39 is 6.10 Å². The number of benzene rings is 2. The molecule has 3 rings (SSSR count). The van der Waals surface area contributed by atoms with Crippen LogP contribution in [0.2, 0.25) is 0 Å². The fourth-order valence-corrected chi connectivity index (χ4v) is 2.86. The molecule has 5 heteroatoms. The van der Waals surface area contributed by atoms with Gasteiger partial charge in [-0.15, -0.1) is 0 Å². The smallest absolute Gasteiger partial charge is 0.255 e. The van der Waals surface area contributed by atoms with Gasteiger partial charge in [0.1, 0.15) is 5.82 Å². The largest absolute Gasteiger partial charge is 0.365 e. The predicted octanol–water partition coefficient (Wildman–Crippen LogP) is 2.84. The van der Waals surface area contributed by atoms with Crippen molar-refractivity contribution in [3.63, 3.8) is 0 Å². The first kappa shape index (κ1) is 15.6. The zero-order chi connectivity index (χ0) is 16.2. The summed E-state index contributed by atoms with van der Waals surface area (Å²) >= 11 is 0. The molecule has 1 N–H and O–H groups in total. The van der Waals surface area contributed by atoms with Crippen LogP contribution in [0.5, 0.6) is 0 Å². The lowest BCUT2D eigenvalue weighted by atomic mass is 9.98. The van der Waals surface area contributed by atoms with E-state index in [0.717, 1.165) is 12.1 Å². The van der Waals surface area contributed by atoms with Gasteiger partial charge in [-0.05, 0) is 30.8 Å². The molecule has 0 unspecified atom stereocenters. The molecule has 0 aromatic heterocycles. The van der Waals surface area contributed by atoms with Crippen LogP contribution in [-0.4, -0.2) is 37.1 Å². The SMILES string of the molecule is CN1CCO[C@@H](C(=O)Nc2cccc(F)c2)[C@@H]1c1ccccc1. The maximum atomic E-state index is 13.3. The summed E-state index contributed by atoms with van der Waals surface area (Å²) < 4.78 is 19.0. The van der Waals surface area contributed by atoms with Gasteiger partial charge in [0.25, 0.3) is 5.91 Å². The zero-order valence-electron chi connectivity index (χ0n) is 12.9. The highest BCUT2D eigenvalue weighted by Gasteiger charge is 2.36. The average Bonchev–Trinajstić information content (AvgIpc) is 2.55. The molecule has 0 radical (unpaired) electrons. The molecular formula is C18H19FN2O2. The van der Waals surface area contributed by atoms with Gasteiger partial charge in [0, 0.05) is 12.2 Å². The Morgan fingerprint density at radius 1 is 1.22 bits per heavy atom. The number of nitrogens with zero attached hydrogens (tertiary/aromatic N) is 1. The Balaban J connectivity index is 1.82. The highest BCUT2D eigenvalue weighted by Crippen LogP contribution is 2.29. The van der Waals surface area contributed by atoms with E-state index in [1.54, 1.807) is 12.1 Å². The van der Waals surface area contributed by atoms with Crippen LogP contribution in [0.4, 0.5) is 10.1 Å². The van der Waals surface area contributed by atoms with Crippen LogP contribution in [0, 0.1) is 5.82 Å². The number of rotatable bonds is 3. The number of carbonyl (C=O) groups is 1. The van der Waals surface area contributed by atoms with Gasteiger partial charge in [-0.1, -0.05) is 36.4 Å². The van der Waals surface area contributed by atoms with E-state index in [0.29, 0.717) is 12.3 Å². The number of nitrogens with one attached hydrogen (secondary N) is 1. The lowest BCUT2D eigenvalue weighted by Crippen LogP contribution is -2.48. The van der Waals surface area contributed by atoms with Gasteiger partial charge in [0.15, 0.2) is 6.10 Å². The topological polar surface area (TPSA) is 41.6 Å². The molecule has 2 aromatic carbocycles. The maximum Gasteiger partial charge on any atom is 0.255 e. The Kier molecular flexibility index (Phi) is 4.69. The van der Waals surface area contributed by atoms with Gasteiger partial charge in [-0.3, -0.25) is 9.69 Å². The van der Waals surface area contributed by atoms with E-state index in [9.17, 15) is 9.18 Å². The van der Waals surface area contributed by atoms with Crippen molar-refractivity contribution >= 4 is 11.6 Å². The number of morpholine rings is 1. The predicted molar refractivity (Wildman–Crippen MR) is 86.6 cm³/mol. The van der Waals surface area contributed by atoms with Crippen LogP contribution >= 0.6 is 0 Å². The van der Waals surface area contributed by atoms with Crippen molar-refractivity contribution < 1.29 is 13.9 Å². The molecule has 0 saturated carbocycles. The fraction of sp³-hybridized carbons (Fsp3) is 0.278. The van der Waals surface area contributed by atoms with E-state index >= 15 is 0 Å². The molecule has 4 nitrogen and oxygen atoms in total. The van der Waals surface area contributed by atoms with Crippen molar-refractivity contribution in [2.45, 2.75) is 12.1 Å². The third-order valence-electron chi connectivity index (χ3n) is 3.99. The lowest BCUT2D eigenvalue weighted by Gasteiger charge is -2.38. The Morgan fingerprint density at radius 3 is 2.74 bits per heavy atom. The first-order valence-corrected chi connectivity index (χ1v) is 7.58. The van der Waals surface area contributed by atoms with Crippen molar-refractivity contribution in [2.75, 3.05) is 25.5 Å². The van der Waals surface area contributed by atoms with E-state index in [1.165, 1.54) is 12.1 Å². The summed E-state index contributed by atoms with van der Waals surface area (Å²) in [6, 6.07) is 15.5. The van der Waals surface area contributed by atoms with Gasteiger partial charge in [-0.2, -0.15) is 0 Å². The van der Waals surface area contributed by atoms with Crippen molar-refractivity contribution in [1.29, 1.82) is 0 Å². The number of likely N-dealkylation sites (N-methyl/N-ethyl adjacent to an activating group) is 1. The normalized spacial score (nSPS) is 21.8. The van der Waals surface area contributed by atoms with Gasteiger partial charge in [-0.25, -0.2) is 4.39 Å². The van der Waals surface area contributed by atoms with E-state index in [-0.39, 0.29) is 17.8 Å². The maximum absolute atomic E-state index is 13.3. The van der Waals surface area contributed by atoms with Crippen LogP contribution < -0.4 is 5.32 Å². The average molecular weight is 314 g/mol. The van der Waals surface area contributed by atoms with Crippen molar-refractivity contribution in [3.05, 3.63) is 66.0 Å². The molecule has 23 heavy (non-hydrogen) atoms. The molecule has 0 bridgehead atoms. The molecule has 0 spiro atoms. The monoisotopic (exact) mass is 314 g/mol. The Hall–Kier alpha value is -2.24. The first-order chi connectivity index (χ1) is 11.1. The minimum atomic E-state index is -0.639. The van der Waals surface area contributed by atoms with E-state index in [4.69, 9.17) is 4.74 Å². The molecule has 1 amide bonds. The quantitative estimate of drug-likeness (QED) is 0.947. The molecule has 2 atom stereocenters. The number of hydrogen-bond acceptors (Lipinski definition) is 3. The molecule has 0 aliphatic carbocycles. The van der Waals surface area contributed by atoms with Crippen molar-refractivity contribution in [3.8, 4) is 0 Å². The van der Waals surface area contributed by atoms with Gasteiger partial charge < -0.3 is 10.1 Å². The van der Waals surface area contributed by atoms with Gasteiger partial charge in [0.05, 0.1) is 12.6 Å². The number of amides is 1. The minimum absolute atomic E-state index is 0.168. The molecular weight excluding hydrogens is 295 g/mol. The van der Waals surface area contributed by atoms with Crippen LogP contribution in [0.3, 0.4) is 0 Å². The van der Waals surface area contributed by atoms with Gasteiger partial charge >= 0.3 is 0 Å². The first-order valence-electron chi connectivity index (χ1n) is 7.58. The minimum Gasteiger partial charge on any atom is -0.365 e. The summed E-state index contributed by atoms with van der Waals surface area (Å²) in [6.07, 6.45) is -0.639. The van der Waals surface area contributed by atoms with Crippen molar-refractivity contribution in [1.82, 2.24) is 4.90 Å². The molecule has 1 aliphatic rings. The van der Waals surface area contributed by atoms with E-state index in [2.05, 4.69) is 10.2 Å². The second-order valence-electron chi connectivity index (χ2n) is 5.63. The van der Waals surface area contributed by atoms with E-state index in [1.807, 2.05) is 37.4 Å². The number of hydrogen-bond donors (Lipinski definition) is 1. The summed E-state index contributed by atoms with van der Waals surface area (Å²) in [5.41, 5.74) is 1.45. The third-order valence-corrected chi connectivity index (χ3v) is 3.99. The summed E-state index contributed by atoms with van der Waals surface area (Å²) in [7, 11) is 1.97. The summed E-state index contributed by atoms with van der Waals surface area (Å²) in [5, 5.41) is 2.74. The molecule has 1 fully saturated rings. The van der Waals surface area contributed by atoms with Crippen LogP contribution in [0.25, 0.3) is 0 Å². The Labute approximate surface area is 134 Å². The van der Waals surface area contributed by atoms with Crippen LogP contribution in [0.15, 0.2) is 54.6 Å². The molecule has 2 aromatic rings. The number of anilines is 1. The van der Waals surface area contributed by atoms with Gasteiger partial charge in [0.2, 0.25) is 0 Å². The third kappa shape index (κ3) is 3.57. The fourth-order valence-electron chi connectivity index (χ4n) is 2.86. The lowest BCUT2D eigenvalue weighted by molar-refractivity contribution is -0.139. The molecule has 1 saturated heterocycles. The van der Waals surface area contributed by atoms with Crippen LogP contribution in [-0.2, 0) is 9.53 Å². The highest BCUT2D eigenvalue weighted by atomic mass is 19.1. The second-order valence-corrected chi connectivity index (χ2v) is 5.63. The second kappa shape index (κ2) is 6.89. The summed E-state index contributed by atoms with van der Waals surface area (Å²) in [4.78, 5) is 14.7. The Bertz CT molecular complexity index is 678. The number of ether oxygens (including phenoxy) is 1. The zero-order valence-corrected chi connectivity index (χ0v) is 12.9.